The molecule has 1 nitrogen and oxygen atoms in total. The summed E-state index contributed by atoms with van der Waals surface area (Å²) in [5.41, 5.74) is 0. The van der Waals surface area contributed by atoms with Crippen LogP contribution in [0.3, 0.4) is 0 Å². The minimum Gasteiger partial charge on any atom is -0.303 e. The van der Waals surface area contributed by atoms with Crippen LogP contribution in [0.25, 0.3) is 0 Å². The normalized spacial score (nSPS) is 9.12. The molecule has 0 aliphatic carbocycles. The first-order valence-electron chi connectivity index (χ1n) is 2.96. The number of unbranched alkanes of at least 4 members (excludes halogenated alkanes) is 3. The molecule has 0 amide bonds. The predicted octanol–water partition coefficient (Wildman–Crippen LogP) is 1.68. The van der Waals surface area contributed by atoms with Crippen molar-refractivity contribution in [3.8, 4) is 0 Å². The molecule has 0 spiro atoms. The summed E-state index contributed by atoms with van der Waals surface area (Å²) < 4.78 is 0. The van der Waals surface area contributed by atoms with Gasteiger partial charge in [0.1, 0.15) is 6.29 Å². The lowest BCUT2D eigenvalue weighted by atomic mass is 10.2. The van der Waals surface area contributed by atoms with E-state index < -0.39 is 0 Å². The zero-order valence-corrected chi connectivity index (χ0v) is 5.86. The number of hydrogen-bond donors (Lipinski definition) is 1. The number of carbonyl (C=O) groups excluding carboxylic acids is 1. The van der Waals surface area contributed by atoms with Crippen LogP contribution in [0.5, 0.6) is 0 Å². The quantitative estimate of drug-likeness (QED) is 0.342. The SMILES string of the molecule is O=CCCCCCS. The molecule has 0 fully saturated rings. The van der Waals surface area contributed by atoms with E-state index in [2.05, 4.69) is 12.6 Å². The predicted molar refractivity (Wildman–Crippen MR) is 38.4 cm³/mol. The third kappa shape index (κ3) is 6.02. The average molecular weight is 132 g/mol. The summed E-state index contributed by atoms with van der Waals surface area (Å²) >= 11 is 4.03. The van der Waals surface area contributed by atoms with Gasteiger partial charge in [-0.05, 0) is 18.6 Å². The fourth-order valence-electron chi connectivity index (χ4n) is 0.516. The maximum Gasteiger partial charge on any atom is 0.119 e. The van der Waals surface area contributed by atoms with Crippen LogP contribution in [0.15, 0.2) is 0 Å². The molecule has 0 rings (SSSR count). The molecule has 0 unspecified atom stereocenters. The van der Waals surface area contributed by atoms with Gasteiger partial charge < -0.3 is 4.79 Å². The molecule has 0 aliphatic rings. The Morgan fingerprint density at radius 3 is 2.50 bits per heavy atom. The third-order valence-corrected chi connectivity index (χ3v) is 1.30. The van der Waals surface area contributed by atoms with Crippen molar-refractivity contribution in [2.24, 2.45) is 0 Å². The van der Waals surface area contributed by atoms with E-state index in [1.807, 2.05) is 0 Å². The van der Waals surface area contributed by atoms with Crippen LogP contribution in [0, 0.1) is 0 Å². The lowest BCUT2D eigenvalue weighted by Gasteiger charge is -1.89. The van der Waals surface area contributed by atoms with Gasteiger partial charge in [-0.1, -0.05) is 6.42 Å². The molecule has 0 aromatic rings. The second kappa shape index (κ2) is 7.02. The minimum atomic E-state index is 0.716. The first kappa shape index (κ1) is 8.02. The molecule has 0 radical (unpaired) electrons. The van der Waals surface area contributed by atoms with Crippen molar-refractivity contribution in [1.82, 2.24) is 0 Å². The molecule has 0 saturated carbocycles. The number of thiol groups is 1. The molecule has 0 N–H and O–H groups in total. The van der Waals surface area contributed by atoms with Gasteiger partial charge in [0.15, 0.2) is 0 Å². The smallest absolute Gasteiger partial charge is 0.119 e. The molecule has 0 atom stereocenters. The fourth-order valence-corrected chi connectivity index (χ4v) is 0.740. The summed E-state index contributed by atoms with van der Waals surface area (Å²) in [5.74, 6) is 0.943. The Morgan fingerprint density at radius 2 is 2.00 bits per heavy atom. The Labute approximate surface area is 55.9 Å². The molecular formula is C6H12OS. The second-order valence-electron chi connectivity index (χ2n) is 1.74. The van der Waals surface area contributed by atoms with Crippen LogP contribution in [0.2, 0.25) is 0 Å². The zero-order valence-electron chi connectivity index (χ0n) is 4.97. The average Bonchev–Trinajstić information content (AvgIpc) is 1.81. The molecule has 8 heavy (non-hydrogen) atoms. The van der Waals surface area contributed by atoms with E-state index in [-0.39, 0.29) is 0 Å². The molecule has 48 valence electrons. The van der Waals surface area contributed by atoms with Crippen molar-refractivity contribution in [2.45, 2.75) is 25.7 Å². The second-order valence-corrected chi connectivity index (χ2v) is 2.19. The molecule has 0 aliphatic heterocycles. The van der Waals surface area contributed by atoms with Gasteiger partial charge in [-0.25, -0.2) is 0 Å². The van der Waals surface area contributed by atoms with Crippen LogP contribution >= 0.6 is 12.6 Å². The van der Waals surface area contributed by atoms with Gasteiger partial charge in [-0.3, -0.25) is 0 Å². The molecule has 0 aromatic heterocycles. The van der Waals surface area contributed by atoms with Gasteiger partial charge in [0.25, 0.3) is 0 Å². The molecule has 0 saturated heterocycles. The van der Waals surface area contributed by atoms with Gasteiger partial charge in [-0.2, -0.15) is 12.6 Å². The van der Waals surface area contributed by atoms with Crippen LogP contribution in [0.4, 0.5) is 0 Å². The maximum absolute atomic E-state index is 9.75. The molecular weight excluding hydrogens is 120 g/mol. The Balaban J connectivity index is 2.62. The van der Waals surface area contributed by atoms with Crippen LogP contribution in [-0.2, 0) is 4.79 Å². The van der Waals surface area contributed by atoms with E-state index in [4.69, 9.17) is 0 Å². The lowest BCUT2D eigenvalue weighted by molar-refractivity contribution is -0.107. The standard InChI is InChI=1S/C6H12OS/c7-5-3-1-2-4-6-8/h5,8H,1-4,6H2. The summed E-state index contributed by atoms with van der Waals surface area (Å²) in [6.45, 7) is 0. The molecule has 0 aromatic carbocycles. The van der Waals surface area contributed by atoms with Crippen molar-refractivity contribution in [2.75, 3.05) is 5.75 Å². The lowest BCUT2D eigenvalue weighted by Crippen LogP contribution is -1.78. The fraction of sp³-hybridized carbons (Fsp3) is 0.833. The van der Waals surface area contributed by atoms with E-state index in [1.54, 1.807) is 0 Å². The van der Waals surface area contributed by atoms with Crippen LogP contribution in [-0.4, -0.2) is 12.0 Å². The van der Waals surface area contributed by atoms with E-state index in [1.165, 1.54) is 0 Å². The first-order valence-corrected chi connectivity index (χ1v) is 3.59. The van der Waals surface area contributed by atoms with Gasteiger partial charge in [0.2, 0.25) is 0 Å². The van der Waals surface area contributed by atoms with Gasteiger partial charge in [0, 0.05) is 6.42 Å². The van der Waals surface area contributed by atoms with Gasteiger partial charge in [0.05, 0.1) is 0 Å². The summed E-state index contributed by atoms with van der Waals surface area (Å²) in [4.78, 5) is 9.75. The Bertz CT molecular complexity index is 54.5. The zero-order chi connectivity index (χ0) is 6.24. The highest BCUT2D eigenvalue weighted by atomic mass is 32.1. The minimum absolute atomic E-state index is 0.716. The Hall–Kier alpha value is 0.0200. The number of hydrogen-bond acceptors (Lipinski definition) is 2. The monoisotopic (exact) mass is 132 g/mol. The van der Waals surface area contributed by atoms with Crippen molar-refractivity contribution in [1.29, 1.82) is 0 Å². The molecule has 0 bridgehead atoms. The third-order valence-electron chi connectivity index (χ3n) is 0.980. The highest BCUT2D eigenvalue weighted by Gasteiger charge is 1.83. The highest BCUT2D eigenvalue weighted by molar-refractivity contribution is 7.80. The van der Waals surface area contributed by atoms with Crippen molar-refractivity contribution in [3.05, 3.63) is 0 Å². The van der Waals surface area contributed by atoms with Crippen molar-refractivity contribution in [3.63, 3.8) is 0 Å². The van der Waals surface area contributed by atoms with Gasteiger partial charge >= 0.3 is 0 Å². The van der Waals surface area contributed by atoms with E-state index in [9.17, 15) is 4.79 Å². The van der Waals surface area contributed by atoms with Gasteiger partial charge in [-0.15, -0.1) is 0 Å². The van der Waals surface area contributed by atoms with Crippen LogP contribution < -0.4 is 0 Å². The number of aldehydes is 1. The van der Waals surface area contributed by atoms with E-state index >= 15 is 0 Å². The Morgan fingerprint density at radius 1 is 1.25 bits per heavy atom. The first-order chi connectivity index (χ1) is 3.91. The van der Waals surface area contributed by atoms with E-state index in [0.717, 1.165) is 31.3 Å². The largest absolute Gasteiger partial charge is 0.303 e. The highest BCUT2D eigenvalue weighted by Crippen LogP contribution is 1.97. The molecule has 2 heteroatoms. The van der Waals surface area contributed by atoms with Crippen molar-refractivity contribution < 1.29 is 4.79 Å². The summed E-state index contributed by atoms with van der Waals surface area (Å²) in [5, 5.41) is 0. The van der Waals surface area contributed by atoms with Crippen LogP contribution in [0.1, 0.15) is 25.7 Å². The van der Waals surface area contributed by atoms with E-state index in [0.29, 0.717) is 6.42 Å². The van der Waals surface area contributed by atoms with Crippen molar-refractivity contribution >= 4 is 18.9 Å². The maximum atomic E-state index is 9.75. The summed E-state index contributed by atoms with van der Waals surface area (Å²) in [6, 6.07) is 0. The number of rotatable bonds is 5. The summed E-state index contributed by atoms with van der Waals surface area (Å²) in [6.07, 6.45) is 5.00. The Kier molecular flexibility index (Phi) is 7.04. The summed E-state index contributed by atoms with van der Waals surface area (Å²) in [7, 11) is 0. The number of carbonyl (C=O) groups is 1. The topological polar surface area (TPSA) is 17.1 Å². The molecule has 0 heterocycles.